The lowest BCUT2D eigenvalue weighted by Crippen LogP contribution is -2.26. The molecule has 6 nitrogen and oxygen atoms in total. The quantitative estimate of drug-likeness (QED) is 0.863. The maximum Gasteiger partial charge on any atom is 0.417 e. The van der Waals surface area contributed by atoms with E-state index in [1.165, 1.54) is 6.07 Å². The molecule has 1 fully saturated rings. The van der Waals surface area contributed by atoms with Crippen LogP contribution in [0.3, 0.4) is 0 Å². The topological polar surface area (TPSA) is 64.3 Å². The zero-order valence-electron chi connectivity index (χ0n) is 12.5. The molecule has 0 aromatic carbocycles. The van der Waals surface area contributed by atoms with E-state index in [0.29, 0.717) is 30.5 Å². The van der Waals surface area contributed by atoms with Gasteiger partial charge in [-0.1, -0.05) is 5.16 Å². The Hall–Kier alpha value is -2.16. The van der Waals surface area contributed by atoms with E-state index >= 15 is 0 Å². The number of halogens is 3. The normalized spacial score (nSPS) is 21.9. The van der Waals surface area contributed by atoms with E-state index in [-0.39, 0.29) is 12.1 Å². The van der Waals surface area contributed by atoms with E-state index in [1.54, 1.807) is 14.0 Å². The summed E-state index contributed by atoms with van der Waals surface area (Å²) in [5.74, 6) is 1.32. The number of ether oxygens (including phenoxy) is 1. The number of hydrogen-bond acceptors (Lipinski definition) is 6. The van der Waals surface area contributed by atoms with Crippen LogP contribution in [0.15, 0.2) is 22.9 Å². The molecule has 0 saturated carbocycles. The third-order valence-electron chi connectivity index (χ3n) is 3.79. The monoisotopic (exact) mass is 328 g/mol. The molecule has 2 aromatic rings. The number of alkyl halides is 3. The van der Waals surface area contributed by atoms with Crippen LogP contribution < -0.4 is 4.90 Å². The molecule has 0 N–H and O–H groups in total. The highest BCUT2D eigenvalue weighted by atomic mass is 19.4. The fourth-order valence-electron chi connectivity index (χ4n) is 2.63. The minimum absolute atomic E-state index is 0.0868. The minimum atomic E-state index is -4.41. The summed E-state index contributed by atoms with van der Waals surface area (Å²) in [6, 6.07) is 2.08. The van der Waals surface area contributed by atoms with Gasteiger partial charge in [0.1, 0.15) is 11.9 Å². The molecular formula is C14H15F3N4O2. The molecule has 3 rings (SSSR count). The predicted molar refractivity (Wildman–Crippen MR) is 73.8 cm³/mol. The Morgan fingerprint density at radius 3 is 2.65 bits per heavy atom. The third kappa shape index (κ3) is 3.14. The Balaban J connectivity index is 1.89. The van der Waals surface area contributed by atoms with Gasteiger partial charge in [-0.15, -0.1) is 0 Å². The van der Waals surface area contributed by atoms with Crippen molar-refractivity contribution in [1.29, 1.82) is 0 Å². The molecule has 1 saturated heterocycles. The first-order valence-corrected chi connectivity index (χ1v) is 7.01. The number of methoxy groups -OCH3 is 1. The van der Waals surface area contributed by atoms with E-state index in [4.69, 9.17) is 9.26 Å². The molecule has 1 aliphatic heterocycles. The molecule has 0 radical (unpaired) electrons. The van der Waals surface area contributed by atoms with Crippen LogP contribution in [0, 0.1) is 6.92 Å². The molecule has 23 heavy (non-hydrogen) atoms. The maximum absolute atomic E-state index is 12.7. The summed E-state index contributed by atoms with van der Waals surface area (Å²) in [5, 5.41) is 3.76. The zero-order chi connectivity index (χ0) is 16.6. The van der Waals surface area contributed by atoms with Crippen molar-refractivity contribution < 1.29 is 22.4 Å². The number of hydrogen-bond donors (Lipinski definition) is 0. The van der Waals surface area contributed by atoms with Gasteiger partial charge in [-0.05, 0) is 19.1 Å². The average Bonchev–Trinajstić information content (AvgIpc) is 3.12. The van der Waals surface area contributed by atoms with Crippen molar-refractivity contribution in [3.8, 4) is 0 Å². The zero-order valence-corrected chi connectivity index (χ0v) is 12.5. The van der Waals surface area contributed by atoms with Gasteiger partial charge in [0.15, 0.2) is 5.82 Å². The summed E-state index contributed by atoms with van der Waals surface area (Å²) in [6.07, 6.45) is -3.07. The highest BCUT2D eigenvalue weighted by Gasteiger charge is 2.38. The fourth-order valence-corrected chi connectivity index (χ4v) is 2.63. The van der Waals surface area contributed by atoms with Crippen molar-refractivity contribution in [2.24, 2.45) is 0 Å². The summed E-state index contributed by atoms with van der Waals surface area (Å²) < 4.78 is 48.5. The molecule has 2 unspecified atom stereocenters. The van der Waals surface area contributed by atoms with E-state index in [1.807, 2.05) is 4.90 Å². The SMILES string of the molecule is COC1CC(c2nc(C)no2)N(c2ccc(C(F)(F)F)cn2)C1. The summed E-state index contributed by atoms with van der Waals surface area (Å²) in [5.41, 5.74) is -0.783. The van der Waals surface area contributed by atoms with Gasteiger partial charge < -0.3 is 14.2 Å². The van der Waals surface area contributed by atoms with Crippen LogP contribution in [0.4, 0.5) is 19.0 Å². The Kier molecular flexibility index (Phi) is 3.97. The molecule has 0 amide bonds. The van der Waals surface area contributed by atoms with Crippen LogP contribution in [-0.4, -0.2) is 34.9 Å². The number of pyridine rings is 1. The number of aryl methyl sites for hydroxylation is 1. The fraction of sp³-hybridized carbons (Fsp3) is 0.500. The van der Waals surface area contributed by atoms with E-state index < -0.39 is 11.7 Å². The Morgan fingerprint density at radius 1 is 1.35 bits per heavy atom. The molecule has 3 heterocycles. The molecule has 0 aliphatic carbocycles. The van der Waals surface area contributed by atoms with Gasteiger partial charge in [-0.3, -0.25) is 0 Å². The Bertz CT molecular complexity index is 671. The van der Waals surface area contributed by atoms with Gasteiger partial charge in [0.25, 0.3) is 0 Å². The predicted octanol–water partition coefficient (Wildman–Crippen LogP) is 2.76. The lowest BCUT2D eigenvalue weighted by atomic mass is 10.2. The van der Waals surface area contributed by atoms with Gasteiger partial charge >= 0.3 is 6.18 Å². The first kappa shape index (κ1) is 15.7. The molecule has 9 heteroatoms. The van der Waals surface area contributed by atoms with Crippen molar-refractivity contribution in [3.63, 3.8) is 0 Å². The highest BCUT2D eigenvalue weighted by molar-refractivity contribution is 5.43. The van der Waals surface area contributed by atoms with Gasteiger partial charge in [0.2, 0.25) is 5.89 Å². The second kappa shape index (κ2) is 5.80. The molecule has 1 aliphatic rings. The van der Waals surface area contributed by atoms with Crippen molar-refractivity contribution in [2.45, 2.75) is 31.7 Å². The first-order valence-electron chi connectivity index (χ1n) is 7.01. The second-order valence-corrected chi connectivity index (χ2v) is 5.34. The van der Waals surface area contributed by atoms with Gasteiger partial charge in [0.05, 0.1) is 11.7 Å². The van der Waals surface area contributed by atoms with Crippen LogP contribution in [0.25, 0.3) is 0 Å². The highest BCUT2D eigenvalue weighted by Crippen LogP contribution is 2.36. The number of aromatic nitrogens is 3. The van der Waals surface area contributed by atoms with E-state index in [0.717, 1.165) is 12.3 Å². The average molecular weight is 328 g/mol. The number of rotatable bonds is 3. The molecule has 2 aromatic heterocycles. The van der Waals surface area contributed by atoms with Gasteiger partial charge in [-0.2, -0.15) is 18.2 Å². The smallest absolute Gasteiger partial charge is 0.380 e. The number of anilines is 1. The summed E-state index contributed by atoms with van der Waals surface area (Å²) in [7, 11) is 1.59. The van der Waals surface area contributed by atoms with Crippen LogP contribution in [0.1, 0.15) is 29.7 Å². The second-order valence-electron chi connectivity index (χ2n) is 5.34. The van der Waals surface area contributed by atoms with Crippen LogP contribution >= 0.6 is 0 Å². The standard InChI is InChI=1S/C14H15F3N4O2/c1-8-19-13(23-20-8)11-5-10(22-2)7-21(11)12-4-3-9(6-18-12)14(15,16)17/h3-4,6,10-11H,5,7H2,1-2H3. The van der Waals surface area contributed by atoms with Gasteiger partial charge in [0, 0.05) is 26.3 Å². The first-order chi connectivity index (χ1) is 10.9. The molecule has 2 atom stereocenters. The summed E-state index contributed by atoms with van der Waals surface area (Å²) in [6.45, 7) is 2.19. The van der Waals surface area contributed by atoms with E-state index in [9.17, 15) is 13.2 Å². The largest absolute Gasteiger partial charge is 0.417 e. The summed E-state index contributed by atoms with van der Waals surface area (Å²) >= 11 is 0. The van der Waals surface area contributed by atoms with Crippen molar-refractivity contribution in [1.82, 2.24) is 15.1 Å². The number of nitrogens with zero attached hydrogens (tertiary/aromatic N) is 4. The molecule has 124 valence electrons. The van der Waals surface area contributed by atoms with Crippen molar-refractivity contribution in [3.05, 3.63) is 35.6 Å². The van der Waals surface area contributed by atoms with Crippen LogP contribution in [-0.2, 0) is 10.9 Å². The third-order valence-corrected chi connectivity index (χ3v) is 3.79. The summed E-state index contributed by atoms with van der Waals surface area (Å²) in [4.78, 5) is 9.97. The molecular weight excluding hydrogens is 313 g/mol. The van der Waals surface area contributed by atoms with Gasteiger partial charge in [-0.25, -0.2) is 4.98 Å². The minimum Gasteiger partial charge on any atom is -0.380 e. The lowest BCUT2D eigenvalue weighted by molar-refractivity contribution is -0.137. The molecule has 0 spiro atoms. The van der Waals surface area contributed by atoms with Crippen LogP contribution in [0.2, 0.25) is 0 Å². The Morgan fingerprint density at radius 2 is 2.13 bits per heavy atom. The van der Waals surface area contributed by atoms with Crippen molar-refractivity contribution in [2.75, 3.05) is 18.6 Å². The molecule has 0 bridgehead atoms. The van der Waals surface area contributed by atoms with Crippen molar-refractivity contribution >= 4 is 5.82 Å². The van der Waals surface area contributed by atoms with Crippen LogP contribution in [0.5, 0.6) is 0 Å². The van der Waals surface area contributed by atoms with E-state index in [2.05, 4.69) is 15.1 Å². The maximum atomic E-state index is 12.7. The Labute approximate surface area is 130 Å². The lowest BCUT2D eigenvalue weighted by Gasteiger charge is -2.23.